The van der Waals surface area contributed by atoms with Gasteiger partial charge < -0.3 is 20.1 Å². The van der Waals surface area contributed by atoms with Gasteiger partial charge in [-0.2, -0.15) is 0 Å². The van der Waals surface area contributed by atoms with Crippen molar-refractivity contribution in [3.05, 3.63) is 0 Å². The predicted molar refractivity (Wildman–Crippen MR) is 93.5 cm³/mol. The van der Waals surface area contributed by atoms with E-state index in [2.05, 4.69) is 5.32 Å². The Kier molecular flexibility index (Phi) is 6.48. The van der Waals surface area contributed by atoms with Gasteiger partial charge in [0.25, 0.3) is 0 Å². The second kappa shape index (κ2) is 8.81. The molecule has 1 saturated heterocycles. The molecule has 3 aliphatic rings. The van der Waals surface area contributed by atoms with Crippen molar-refractivity contribution in [1.82, 2.24) is 15.1 Å². The Morgan fingerprint density at radius 1 is 1.12 bits per heavy atom. The van der Waals surface area contributed by atoms with Crippen molar-refractivity contribution in [3.63, 3.8) is 0 Å². The normalized spacial score (nSPS) is 25.7. The van der Waals surface area contributed by atoms with Crippen molar-refractivity contribution >= 4 is 17.8 Å². The molecular formula is C18H29N3O5. The second-order valence-electron chi connectivity index (χ2n) is 7.65. The zero-order chi connectivity index (χ0) is 18.5. The molecule has 2 saturated carbocycles. The largest absolute Gasteiger partial charge is 0.480 e. The maximum absolute atomic E-state index is 12.1. The number of amides is 2. The third kappa shape index (κ3) is 5.67. The maximum atomic E-state index is 12.1. The van der Waals surface area contributed by atoms with Gasteiger partial charge >= 0.3 is 5.97 Å². The molecule has 1 aliphatic heterocycles. The molecule has 0 bridgehead atoms. The minimum Gasteiger partial charge on any atom is -0.480 e. The van der Waals surface area contributed by atoms with E-state index in [1.54, 1.807) is 4.90 Å². The fourth-order valence-electron chi connectivity index (χ4n) is 3.64. The van der Waals surface area contributed by atoms with Crippen LogP contribution in [0, 0.1) is 5.92 Å². The van der Waals surface area contributed by atoms with Crippen molar-refractivity contribution in [1.29, 1.82) is 0 Å². The fraction of sp³-hybridized carbons (Fsp3) is 0.833. The van der Waals surface area contributed by atoms with Gasteiger partial charge in [-0.1, -0.05) is 0 Å². The molecule has 146 valence electrons. The molecule has 0 atom stereocenters. The number of hydrogen-bond acceptors (Lipinski definition) is 5. The topological polar surface area (TPSA) is 99.2 Å². The van der Waals surface area contributed by atoms with Crippen LogP contribution in [0.4, 0.5) is 0 Å². The van der Waals surface area contributed by atoms with E-state index in [4.69, 9.17) is 9.84 Å². The molecular weight excluding hydrogens is 338 g/mol. The highest BCUT2D eigenvalue weighted by atomic mass is 16.5. The molecule has 3 fully saturated rings. The zero-order valence-corrected chi connectivity index (χ0v) is 15.2. The van der Waals surface area contributed by atoms with Gasteiger partial charge in [0.1, 0.15) is 0 Å². The average molecular weight is 367 g/mol. The lowest BCUT2D eigenvalue weighted by Gasteiger charge is -2.42. The van der Waals surface area contributed by atoms with Gasteiger partial charge in [0.05, 0.1) is 19.8 Å². The van der Waals surface area contributed by atoms with Gasteiger partial charge in [-0.25, -0.2) is 0 Å². The molecule has 2 amide bonds. The number of hydrogen-bond donors (Lipinski definition) is 2. The van der Waals surface area contributed by atoms with Gasteiger partial charge in [0.15, 0.2) is 0 Å². The van der Waals surface area contributed by atoms with Gasteiger partial charge in [0.2, 0.25) is 11.8 Å². The Morgan fingerprint density at radius 3 is 2.42 bits per heavy atom. The number of carbonyl (C=O) groups excluding carboxylic acids is 2. The van der Waals surface area contributed by atoms with Crippen molar-refractivity contribution < 1.29 is 24.2 Å². The minimum absolute atomic E-state index is 0.00648. The van der Waals surface area contributed by atoms with Crippen LogP contribution in [0.3, 0.4) is 0 Å². The number of carboxylic acid groups (broad SMARTS) is 1. The maximum Gasteiger partial charge on any atom is 0.317 e. The first-order chi connectivity index (χ1) is 12.5. The van der Waals surface area contributed by atoms with Crippen molar-refractivity contribution in [3.8, 4) is 0 Å². The third-order valence-corrected chi connectivity index (χ3v) is 5.45. The molecule has 2 N–H and O–H groups in total. The molecule has 8 nitrogen and oxygen atoms in total. The lowest BCUT2D eigenvalue weighted by Crippen LogP contribution is -2.55. The molecule has 0 unspecified atom stereocenters. The summed E-state index contributed by atoms with van der Waals surface area (Å²) in [5.41, 5.74) is 0. The summed E-state index contributed by atoms with van der Waals surface area (Å²) in [6.45, 7) is 3.27. The number of nitrogens with one attached hydrogen (secondary N) is 1. The van der Waals surface area contributed by atoms with Crippen LogP contribution in [0.25, 0.3) is 0 Å². The summed E-state index contributed by atoms with van der Waals surface area (Å²) in [6, 6.07) is 0.341. The third-order valence-electron chi connectivity index (χ3n) is 5.45. The first-order valence-electron chi connectivity index (χ1n) is 9.62. The Balaban J connectivity index is 1.33. The van der Waals surface area contributed by atoms with Crippen LogP contribution in [0.5, 0.6) is 0 Å². The summed E-state index contributed by atoms with van der Waals surface area (Å²) in [5.74, 6) is -0.233. The van der Waals surface area contributed by atoms with E-state index in [9.17, 15) is 14.4 Å². The number of morpholine rings is 1. The Labute approximate surface area is 153 Å². The van der Waals surface area contributed by atoms with Gasteiger partial charge in [-0.3, -0.25) is 19.3 Å². The van der Waals surface area contributed by atoms with Gasteiger partial charge in [-0.15, -0.1) is 0 Å². The molecule has 0 aromatic carbocycles. The van der Waals surface area contributed by atoms with Crippen LogP contribution in [-0.4, -0.2) is 84.2 Å². The quantitative estimate of drug-likeness (QED) is 0.598. The van der Waals surface area contributed by atoms with Crippen molar-refractivity contribution in [2.75, 3.05) is 39.4 Å². The molecule has 26 heavy (non-hydrogen) atoms. The SMILES string of the molecule is O=C(O)CN(CC1CC1)C1CC(NC(=O)CCC(=O)N2CCOCC2)C1. The monoisotopic (exact) mass is 367 g/mol. The highest BCUT2D eigenvalue weighted by molar-refractivity contribution is 5.84. The smallest absolute Gasteiger partial charge is 0.317 e. The van der Waals surface area contributed by atoms with E-state index in [1.165, 1.54) is 12.8 Å². The highest BCUT2D eigenvalue weighted by Crippen LogP contribution is 2.33. The lowest BCUT2D eigenvalue weighted by atomic mass is 9.85. The standard InChI is InChI=1S/C18H29N3O5/c22-16(3-4-17(23)20-5-7-26-8-6-20)19-14-9-15(10-14)21(12-18(24)25)11-13-1-2-13/h13-15H,1-12H2,(H,19,22)(H,24,25). The average Bonchev–Trinajstić information content (AvgIpc) is 3.39. The van der Waals surface area contributed by atoms with Gasteiger partial charge in [-0.05, 0) is 31.6 Å². The molecule has 0 aromatic heterocycles. The molecule has 0 spiro atoms. The van der Waals surface area contributed by atoms with E-state index in [0.29, 0.717) is 32.2 Å². The van der Waals surface area contributed by atoms with Gasteiger partial charge in [0, 0.05) is 44.6 Å². The van der Waals surface area contributed by atoms with Crippen molar-refractivity contribution in [2.24, 2.45) is 5.92 Å². The van der Waals surface area contributed by atoms with E-state index < -0.39 is 5.97 Å². The van der Waals surface area contributed by atoms with E-state index in [1.807, 2.05) is 4.90 Å². The molecule has 0 aromatic rings. The summed E-state index contributed by atoms with van der Waals surface area (Å²) < 4.78 is 5.22. The summed E-state index contributed by atoms with van der Waals surface area (Å²) in [7, 11) is 0. The fourth-order valence-corrected chi connectivity index (χ4v) is 3.64. The first-order valence-corrected chi connectivity index (χ1v) is 9.62. The van der Waals surface area contributed by atoms with Crippen LogP contribution in [0.15, 0.2) is 0 Å². The van der Waals surface area contributed by atoms with E-state index in [-0.39, 0.29) is 43.3 Å². The first kappa shape index (κ1) is 19.1. The van der Waals surface area contributed by atoms with Crippen LogP contribution >= 0.6 is 0 Å². The number of aliphatic carboxylic acids is 1. The summed E-state index contributed by atoms with van der Waals surface area (Å²) in [4.78, 5) is 38.9. The van der Waals surface area contributed by atoms with E-state index in [0.717, 1.165) is 19.4 Å². The molecule has 0 radical (unpaired) electrons. The predicted octanol–water partition coefficient (Wildman–Crippen LogP) is 0.0692. The minimum atomic E-state index is -0.792. The zero-order valence-electron chi connectivity index (χ0n) is 15.2. The number of carbonyl (C=O) groups is 3. The Morgan fingerprint density at radius 2 is 1.81 bits per heavy atom. The molecule has 1 heterocycles. The van der Waals surface area contributed by atoms with Crippen molar-refractivity contribution in [2.45, 2.75) is 50.6 Å². The lowest BCUT2D eigenvalue weighted by molar-refractivity contribution is -0.140. The highest BCUT2D eigenvalue weighted by Gasteiger charge is 2.37. The number of rotatable bonds is 9. The van der Waals surface area contributed by atoms with Crippen LogP contribution < -0.4 is 5.32 Å². The Bertz CT molecular complexity index is 525. The molecule has 3 rings (SSSR count). The summed E-state index contributed by atoms with van der Waals surface area (Å²) in [6.07, 6.45) is 4.42. The van der Waals surface area contributed by atoms with Crippen LogP contribution in [0.1, 0.15) is 38.5 Å². The Hall–Kier alpha value is -1.67. The number of ether oxygens (including phenoxy) is 1. The number of carboxylic acids is 1. The summed E-state index contributed by atoms with van der Waals surface area (Å²) >= 11 is 0. The van der Waals surface area contributed by atoms with E-state index >= 15 is 0 Å². The summed E-state index contributed by atoms with van der Waals surface area (Å²) in [5, 5.41) is 12.0. The molecule has 2 aliphatic carbocycles. The second-order valence-corrected chi connectivity index (χ2v) is 7.65. The van der Waals surface area contributed by atoms with Crippen LogP contribution in [0.2, 0.25) is 0 Å². The van der Waals surface area contributed by atoms with Crippen LogP contribution in [-0.2, 0) is 19.1 Å². The molecule has 8 heteroatoms. The number of nitrogens with zero attached hydrogens (tertiary/aromatic N) is 2.